The second kappa shape index (κ2) is 3.99. The zero-order valence-corrected chi connectivity index (χ0v) is 11.4. The van der Waals surface area contributed by atoms with Crippen LogP contribution in [0, 0.1) is 23.7 Å². The second-order valence-electron chi connectivity index (χ2n) is 7.14. The monoisotopic (exact) mass is 257 g/mol. The minimum absolute atomic E-state index is 0.00995. The summed E-state index contributed by atoms with van der Waals surface area (Å²) >= 11 is 0. The summed E-state index contributed by atoms with van der Waals surface area (Å²) in [6, 6.07) is 7.65. The highest BCUT2D eigenvalue weighted by Gasteiger charge is 2.58. The molecule has 0 aliphatic heterocycles. The van der Waals surface area contributed by atoms with E-state index in [1.165, 1.54) is 37.7 Å². The van der Waals surface area contributed by atoms with Crippen LogP contribution in [0.2, 0.25) is 0 Å². The van der Waals surface area contributed by atoms with Crippen molar-refractivity contribution in [3.63, 3.8) is 0 Å². The third-order valence-electron chi connectivity index (χ3n) is 6.13. The molecule has 4 rings (SSSR count). The number of aromatic hydroxyl groups is 1. The standard InChI is InChI=1S/C17H23NO/c18-17(9-11-3-1-4-13(19)7-11)10-12-8-16(17)15-6-2-5-14(12)15/h1,3-4,7,12,14-16,19H,2,5-6,8-10,18H2. The number of benzene rings is 1. The predicted molar refractivity (Wildman–Crippen MR) is 75.8 cm³/mol. The molecule has 3 aliphatic rings. The maximum absolute atomic E-state index is 9.61. The lowest BCUT2D eigenvalue weighted by atomic mass is 9.69. The number of hydrogen-bond donors (Lipinski definition) is 2. The first-order chi connectivity index (χ1) is 9.16. The molecule has 0 amide bonds. The van der Waals surface area contributed by atoms with Gasteiger partial charge in [-0.05, 0) is 73.5 Å². The molecule has 2 bridgehead atoms. The van der Waals surface area contributed by atoms with E-state index in [4.69, 9.17) is 5.73 Å². The summed E-state index contributed by atoms with van der Waals surface area (Å²) in [7, 11) is 0. The Balaban J connectivity index is 1.58. The molecule has 1 aromatic rings. The largest absolute Gasteiger partial charge is 0.508 e. The molecule has 0 spiro atoms. The molecule has 3 saturated carbocycles. The van der Waals surface area contributed by atoms with E-state index in [2.05, 4.69) is 6.07 Å². The summed E-state index contributed by atoms with van der Waals surface area (Å²) < 4.78 is 0. The van der Waals surface area contributed by atoms with Crippen molar-refractivity contribution in [2.45, 2.75) is 44.1 Å². The number of phenolic OH excluding ortho intramolecular Hbond substituents is 1. The van der Waals surface area contributed by atoms with E-state index < -0.39 is 0 Å². The molecule has 3 N–H and O–H groups in total. The third-order valence-corrected chi connectivity index (χ3v) is 6.13. The normalized spacial score (nSPS) is 43.6. The SMILES string of the molecule is NC1(Cc2cccc(O)c2)CC2CC1C1CCCC21. The van der Waals surface area contributed by atoms with Gasteiger partial charge in [0.25, 0.3) is 0 Å². The van der Waals surface area contributed by atoms with Gasteiger partial charge in [0.2, 0.25) is 0 Å². The smallest absolute Gasteiger partial charge is 0.115 e. The third kappa shape index (κ3) is 1.73. The molecule has 0 saturated heterocycles. The van der Waals surface area contributed by atoms with E-state index in [1.54, 1.807) is 6.07 Å². The Bertz CT molecular complexity index is 500. The van der Waals surface area contributed by atoms with Crippen molar-refractivity contribution in [2.75, 3.05) is 0 Å². The number of hydrogen-bond acceptors (Lipinski definition) is 2. The van der Waals surface area contributed by atoms with Gasteiger partial charge in [-0.25, -0.2) is 0 Å². The van der Waals surface area contributed by atoms with Gasteiger partial charge in [0.1, 0.15) is 5.75 Å². The van der Waals surface area contributed by atoms with E-state index in [9.17, 15) is 5.11 Å². The Labute approximate surface area is 115 Å². The van der Waals surface area contributed by atoms with Gasteiger partial charge in [-0.3, -0.25) is 0 Å². The van der Waals surface area contributed by atoms with Crippen LogP contribution in [0.3, 0.4) is 0 Å². The number of nitrogens with two attached hydrogens (primary N) is 1. The average Bonchev–Trinajstić information content (AvgIpc) is 2.99. The van der Waals surface area contributed by atoms with Crippen molar-refractivity contribution < 1.29 is 5.11 Å². The molecule has 0 heterocycles. The molecule has 2 nitrogen and oxygen atoms in total. The molecule has 5 atom stereocenters. The predicted octanol–water partition coefficient (Wildman–Crippen LogP) is 3.09. The maximum Gasteiger partial charge on any atom is 0.115 e. The lowest BCUT2D eigenvalue weighted by Gasteiger charge is -2.40. The summed E-state index contributed by atoms with van der Waals surface area (Å²) in [6.45, 7) is 0. The lowest BCUT2D eigenvalue weighted by molar-refractivity contribution is 0.156. The number of phenols is 1. The summed E-state index contributed by atoms with van der Waals surface area (Å²) in [6.07, 6.45) is 7.79. The van der Waals surface area contributed by atoms with Gasteiger partial charge in [-0.1, -0.05) is 18.6 Å². The quantitative estimate of drug-likeness (QED) is 0.855. The van der Waals surface area contributed by atoms with Gasteiger partial charge in [0.15, 0.2) is 0 Å². The highest BCUT2D eigenvalue weighted by Crippen LogP contribution is 2.62. The van der Waals surface area contributed by atoms with Crippen LogP contribution < -0.4 is 5.73 Å². The van der Waals surface area contributed by atoms with Crippen LogP contribution in [0.4, 0.5) is 0 Å². The second-order valence-corrected chi connectivity index (χ2v) is 7.14. The lowest BCUT2D eigenvalue weighted by Crippen LogP contribution is -2.50. The van der Waals surface area contributed by atoms with Gasteiger partial charge < -0.3 is 10.8 Å². The van der Waals surface area contributed by atoms with E-state index in [1.807, 2.05) is 12.1 Å². The Kier molecular flexibility index (Phi) is 2.47. The van der Waals surface area contributed by atoms with Gasteiger partial charge in [0, 0.05) is 5.54 Å². The van der Waals surface area contributed by atoms with E-state index in [0.717, 1.165) is 30.1 Å². The molecular weight excluding hydrogens is 234 g/mol. The minimum Gasteiger partial charge on any atom is -0.508 e. The fourth-order valence-corrected chi connectivity index (χ4v) is 5.56. The fraction of sp³-hybridized carbons (Fsp3) is 0.647. The highest BCUT2D eigenvalue weighted by atomic mass is 16.3. The molecule has 0 aromatic heterocycles. The van der Waals surface area contributed by atoms with Crippen LogP contribution in [0.5, 0.6) is 5.75 Å². The Morgan fingerprint density at radius 3 is 2.95 bits per heavy atom. The van der Waals surface area contributed by atoms with Gasteiger partial charge in [-0.2, -0.15) is 0 Å². The zero-order valence-electron chi connectivity index (χ0n) is 11.4. The first-order valence-corrected chi connectivity index (χ1v) is 7.72. The first kappa shape index (κ1) is 11.8. The van der Waals surface area contributed by atoms with Crippen LogP contribution in [0.25, 0.3) is 0 Å². The van der Waals surface area contributed by atoms with Crippen molar-refractivity contribution in [1.82, 2.24) is 0 Å². The number of fused-ring (bicyclic) bond motifs is 5. The minimum atomic E-state index is -0.00995. The van der Waals surface area contributed by atoms with Crippen molar-refractivity contribution in [1.29, 1.82) is 0 Å². The Hall–Kier alpha value is -1.02. The van der Waals surface area contributed by atoms with Crippen LogP contribution in [-0.2, 0) is 6.42 Å². The molecular formula is C17H23NO. The Morgan fingerprint density at radius 1 is 1.26 bits per heavy atom. The van der Waals surface area contributed by atoms with Crippen LogP contribution >= 0.6 is 0 Å². The zero-order chi connectivity index (χ0) is 13.0. The fourth-order valence-electron chi connectivity index (χ4n) is 5.56. The number of rotatable bonds is 2. The molecule has 0 radical (unpaired) electrons. The van der Waals surface area contributed by atoms with E-state index in [-0.39, 0.29) is 5.54 Å². The van der Waals surface area contributed by atoms with Crippen LogP contribution in [-0.4, -0.2) is 10.6 Å². The van der Waals surface area contributed by atoms with E-state index >= 15 is 0 Å². The molecule has 19 heavy (non-hydrogen) atoms. The van der Waals surface area contributed by atoms with E-state index in [0.29, 0.717) is 5.75 Å². The average molecular weight is 257 g/mol. The summed E-state index contributed by atoms with van der Waals surface area (Å²) in [5, 5.41) is 9.61. The molecule has 3 fully saturated rings. The highest BCUT2D eigenvalue weighted by molar-refractivity contribution is 5.30. The van der Waals surface area contributed by atoms with Crippen molar-refractivity contribution in [2.24, 2.45) is 29.4 Å². The molecule has 102 valence electrons. The molecule has 3 aliphatic carbocycles. The Morgan fingerprint density at radius 2 is 2.11 bits per heavy atom. The van der Waals surface area contributed by atoms with Crippen molar-refractivity contribution in [3.8, 4) is 5.75 Å². The topological polar surface area (TPSA) is 46.2 Å². The van der Waals surface area contributed by atoms with Crippen molar-refractivity contribution in [3.05, 3.63) is 29.8 Å². The summed E-state index contributed by atoms with van der Waals surface area (Å²) in [5.74, 6) is 3.88. The van der Waals surface area contributed by atoms with Crippen LogP contribution in [0.1, 0.15) is 37.7 Å². The first-order valence-electron chi connectivity index (χ1n) is 7.72. The molecule has 2 heteroatoms. The summed E-state index contributed by atoms with van der Waals surface area (Å²) in [4.78, 5) is 0. The van der Waals surface area contributed by atoms with Gasteiger partial charge in [-0.15, -0.1) is 0 Å². The van der Waals surface area contributed by atoms with Crippen molar-refractivity contribution >= 4 is 0 Å². The molecule has 1 aromatic carbocycles. The van der Waals surface area contributed by atoms with Gasteiger partial charge in [0.05, 0.1) is 0 Å². The molecule has 5 unspecified atom stereocenters. The summed E-state index contributed by atoms with van der Waals surface area (Å²) in [5.41, 5.74) is 7.99. The van der Waals surface area contributed by atoms with Gasteiger partial charge >= 0.3 is 0 Å². The maximum atomic E-state index is 9.61. The van der Waals surface area contributed by atoms with Crippen LogP contribution in [0.15, 0.2) is 24.3 Å².